The number of esters is 3. The van der Waals surface area contributed by atoms with Crippen molar-refractivity contribution in [2.75, 3.05) is 13.2 Å². The number of carbonyl (C=O) groups excluding carboxylic acids is 3. The Morgan fingerprint density at radius 2 is 0.696 bits per heavy atom. The highest BCUT2D eigenvalue weighted by Gasteiger charge is 2.19. The Balaban J connectivity index is 4.43. The van der Waals surface area contributed by atoms with Gasteiger partial charge in [-0.15, -0.1) is 0 Å². The Bertz CT molecular complexity index is 1080. The van der Waals surface area contributed by atoms with Crippen LogP contribution in [-0.4, -0.2) is 37.2 Å². The summed E-state index contributed by atoms with van der Waals surface area (Å²) in [5, 5.41) is 0. The Kier molecular flexibility index (Phi) is 42.1. The number of unbranched alkanes of at least 4 members (excludes halogenated alkanes) is 17. The highest BCUT2D eigenvalue weighted by atomic mass is 16.6. The van der Waals surface area contributed by atoms with E-state index in [2.05, 4.69) is 93.7 Å². The molecule has 0 aliphatic heterocycles. The molecule has 56 heavy (non-hydrogen) atoms. The molecule has 0 aromatic heterocycles. The second-order valence-electron chi connectivity index (χ2n) is 14.9. The van der Waals surface area contributed by atoms with E-state index in [1.807, 2.05) is 0 Å². The molecule has 0 rings (SSSR count). The predicted octanol–water partition coefficient (Wildman–Crippen LogP) is 14.7. The first-order chi connectivity index (χ1) is 27.5. The number of allylic oxidation sites excluding steroid dienone is 12. The predicted molar refractivity (Wildman–Crippen MR) is 238 cm³/mol. The van der Waals surface area contributed by atoms with Crippen molar-refractivity contribution < 1.29 is 28.6 Å². The van der Waals surface area contributed by atoms with Gasteiger partial charge in [-0.3, -0.25) is 14.4 Å². The van der Waals surface area contributed by atoms with Gasteiger partial charge in [0.15, 0.2) is 6.10 Å². The van der Waals surface area contributed by atoms with Crippen LogP contribution in [-0.2, 0) is 28.6 Å². The van der Waals surface area contributed by atoms with Crippen LogP contribution in [0.25, 0.3) is 0 Å². The molecule has 0 aromatic rings. The van der Waals surface area contributed by atoms with Gasteiger partial charge in [-0.2, -0.15) is 0 Å². The fraction of sp³-hybridized carbons (Fsp3) is 0.700. The molecule has 0 saturated carbocycles. The van der Waals surface area contributed by atoms with Gasteiger partial charge in [0.05, 0.1) is 0 Å². The van der Waals surface area contributed by atoms with Crippen molar-refractivity contribution in [2.24, 2.45) is 0 Å². The van der Waals surface area contributed by atoms with Crippen LogP contribution in [0.5, 0.6) is 0 Å². The van der Waals surface area contributed by atoms with E-state index in [1.165, 1.54) is 19.3 Å². The fourth-order valence-corrected chi connectivity index (χ4v) is 5.96. The molecule has 0 saturated heterocycles. The Hall–Kier alpha value is -3.15. The van der Waals surface area contributed by atoms with Crippen LogP contribution >= 0.6 is 0 Å². The monoisotopic (exact) mass is 781 g/mol. The SMILES string of the molecule is CC/C=C\C/C=C\C/C=C\CCCCCCCC(=O)OCC(COC(=O)CCCCCCC/C=C\CCC)OC(=O)CCCCCCC/C=C\C/C=C\CCC. The van der Waals surface area contributed by atoms with Crippen molar-refractivity contribution in [3.05, 3.63) is 72.9 Å². The van der Waals surface area contributed by atoms with E-state index in [9.17, 15) is 14.4 Å². The Labute approximate surface area is 344 Å². The maximum Gasteiger partial charge on any atom is 0.306 e. The van der Waals surface area contributed by atoms with E-state index in [-0.39, 0.29) is 31.1 Å². The quantitative estimate of drug-likeness (QED) is 0.0267. The normalized spacial score (nSPS) is 12.7. The molecule has 6 nitrogen and oxygen atoms in total. The third-order valence-electron chi connectivity index (χ3n) is 9.38. The van der Waals surface area contributed by atoms with E-state index in [0.29, 0.717) is 19.3 Å². The highest BCUT2D eigenvalue weighted by molar-refractivity contribution is 5.71. The molecule has 0 aliphatic carbocycles. The Morgan fingerprint density at radius 1 is 0.375 bits per heavy atom. The van der Waals surface area contributed by atoms with Crippen LogP contribution in [0.2, 0.25) is 0 Å². The summed E-state index contributed by atoms with van der Waals surface area (Å²) in [6.07, 6.45) is 54.5. The van der Waals surface area contributed by atoms with Crippen LogP contribution in [0.1, 0.15) is 207 Å². The molecule has 0 N–H and O–H groups in total. The van der Waals surface area contributed by atoms with Crippen molar-refractivity contribution in [2.45, 2.75) is 213 Å². The zero-order chi connectivity index (χ0) is 40.8. The largest absolute Gasteiger partial charge is 0.462 e. The molecular weight excluding hydrogens is 697 g/mol. The van der Waals surface area contributed by atoms with Crippen molar-refractivity contribution in [3.8, 4) is 0 Å². The lowest BCUT2D eigenvalue weighted by molar-refractivity contribution is -0.167. The van der Waals surface area contributed by atoms with Gasteiger partial charge in [0.25, 0.3) is 0 Å². The van der Waals surface area contributed by atoms with E-state index in [1.54, 1.807) is 0 Å². The van der Waals surface area contributed by atoms with Gasteiger partial charge in [0.2, 0.25) is 0 Å². The lowest BCUT2D eigenvalue weighted by Gasteiger charge is -2.18. The second kappa shape index (κ2) is 44.6. The van der Waals surface area contributed by atoms with Crippen LogP contribution < -0.4 is 0 Å². The minimum absolute atomic E-state index is 0.0924. The molecule has 0 amide bonds. The standard InChI is InChI=1S/C50H84O6/c1-4-7-10-13-16-19-22-24-25-27-28-31-34-37-40-43-49(52)55-46-47(45-54-48(51)42-39-36-33-30-21-18-15-12-9-6-3)56-50(53)44-41-38-35-32-29-26-23-20-17-14-11-8-5-2/h7,10-12,14-16,19-20,23-25,47H,4-6,8-9,13,17-18,21-22,26-46H2,1-3H3/b10-7-,14-11-,15-12-,19-16-,23-20-,25-24-. The smallest absolute Gasteiger partial charge is 0.306 e. The minimum Gasteiger partial charge on any atom is -0.462 e. The number of carbonyl (C=O) groups is 3. The first kappa shape index (κ1) is 52.9. The summed E-state index contributed by atoms with van der Waals surface area (Å²) in [5.41, 5.74) is 0. The summed E-state index contributed by atoms with van der Waals surface area (Å²) in [5.74, 6) is -0.940. The van der Waals surface area contributed by atoms with Gasteiger partial charge in [0.1, 0.15) is 13.2 Å². The molecule has 1 atom stereocenters. The lowest BCUT2D eigenvalue weighted by atomic mass is 10.1. The van der Waals surface area contributed by atoms with E-state index < -0.39 is 6.10 Å². The molecule has 0 fully saturated rings. The second-order valence-corrected chi connectivity index (χ2v) is 14.9. The highest BCUT2D eigenvalue weighted by Crippen LogP contribution is 2.13. The fourth-order valence-electron chi connectivity index (χ4n) is 5.96. The molecule has 0 spiro atoms. The molecule has 0 radical (unpaired) electrons. The van der Waals surface area contributed by atoms with E-state index >= 15 is 0 Å². The van der Waals surface area contributed by atoms with Gasteiger partial charge >= 0.3 is 17.9 Å². The molecule has 6 heteroatoms. The minimum atomic E-state index is -0.791. The van der Waals surface area contributed by atoms with E-state index in [4.69, 9.17) is 14.2 Å². The molecular formula is C50H84O6. The molecule has 0 heterocycles. The molecule has 1 unspecified atom stereocenters. The summed E-state index contributed by atoms with van der Waals surface area (Å²) in [7, 11) is 0. The first-order valence-electron chi connectivity index (χ1n) is 22.9. The zero-order valence-electron chi connectivity index (χ0n) is 36.4. The summed E-state index contributed by atoms with van der Waals surface area (Å²) in [6.45, 7) is 6.34. The van der Waals surface area contributed by atoms with Gasteiger partial charge < -0.3 is 14.2 Å². The number of hydrogen-bond acceptors (Lipinski definition) is 6. The molecule has 320 valence electrons. The summed E-state index contributed by atoms with van der Waals surface area (Å²) >= 11 is 0. The maximum absolute atomic E-state index is 12.7. The third-order valence-corrected chi connectivity index (χ3v) is 9.38. The summed E-state index contributed by atoms with van der Waals surface area (Å²) in [6, 6.07) is 0. The topological polar surface area (TPSA) is 78.9 Å². The number of rotatable bonds is 40. The van der Waals surface area contributed by atoms with Crippen LogP contribution in [0, 0.1) is 0 Å². The van der Waals surface area contributed by atoms with E-state index in [0.717, 1.165) is 148 Å². The lowest BCUT2D eigenvalue weighted by Crippen LogP contribution is -2.30. The van der Waals surface area contributed by atoms with Gasteiger partial charge in [0, 0.05) is 19.3 Å². The molecule has 0 bridgehead atoms. The van der Waals surface area contributed by atoms with Crippen molar-refractivity contribution in [1.82, 2.24) is 0 Å². The zero-order valence-corrected chi connectivity index (χ0v) is 36.4. The van der Waals surface area contributed by atoms with Gasteiger partial charge in [-0.25, -0.2) is 0 Å². The van der Waals surface area contributed by atoms with Crippen LogP contribution in [0.4, 0.5) is 0 Å². The number of ether oxygens (including phenoxy) is 3. The average molecular weight is 781 g/mol. The van der Waals surface area contributed by atoms with Crippen LogP contribution in [0.3, 0.4) is 0 Å². The Morgan fingerprint density at radius 3 is 1.12 bits per heavy atom. The van der Waals surface area contributed by atoms with Crippen molar-refractivity contribution in [1.29, 1.82) is 0 Å². The van der Waals surface area contributed by atoms with Crippen molar-refractivity contribution in [3.63, 3.8) is 0 Å². The van der Waals surface area contributed by atoms with Gasteiger partial charge in [-0.05, 0) is 96.3 Å². The molecule has 0 aromatic carbocycles. The van der Waals surface area contributed by atoms with Crippen LogP contribution in [0.15, 0.2) is 72.9 Å². The van der Waals surface area contributed by atoms with Crippen molar-refractivity contribution >= 4 is 17.9 Å². The summed E-state index contributed by atoms with van der Waals surface area (Å²) < 4.78 is 16.7. The molecule has 0 aliphatic rings. The average Bonchev–Trinajstić information content (AvgIpc) is 3.19. The third kappa shape index (κ3) is 42.0. The summed E-state index contributed by atoms with van der Waals surface area (Å²) in [4.78, 5) is 37.7. The number of hydrogen-bond donors (Lipinski definition) is 0. The maximum atomic E-state index is 12.7. The first-order valence-corrected chi connectivity index (χ1v) is 22.9. The van der Waals surface area contributed by atoms with Gasteiger partial charge in [-0.1, -0.05) is 164 Å².